The lowest BCUT2D eigenvalue weighted by molar-refractivity contribution is 0.0944. The highest BCUT2D eigenvalue weighted by Gasteiger charge is 2.28. The van der Waals surface area contributed by atoms with E-state index in [1.54, 1.807) is 19.1 Å². The van der Waals surface area contributed by atoms with E-state index in [0.717, 1.165) is 24.9 Å². The van der Waals surface area contributed by atoms with E-state index in [2.05, 4.69) is 43.0 Å². The van der Waals surface area contributed by atoms with Crippen LogP contribution in [0.15, 0.2) is 34.0 Å². The first-order valence-corrected chi connectivity index (χ1v) is 10.7. The number of nitrogens with one attached hydrogen (secondary N) is 1. The van der Waals surface area contributed by atoms with E-state index in [0.29, 0.717) is 29.0 Å². The average Bonchev–Trinajstić information content (AvgIpc) is 3.39. The van der Waals surface area contributed by atoms with Crippen molar-refractivity contribution < 1.29 is 9.42 Å². The summed E-state index contributed by atoms with van der Waals surface area (Å²) in [5, 5.41) is 20.4. The maximum absolute atomic E-state index is 13.0. The SMILES string of the molecule is C/C(=N\NC(=O)c1nnn(-c2nonc2N)c1CN1CCCC[C@H]1C)c1cccc(Cl)c1. The third-order valence-corrected chi connectivity index (χ3v) is 5.77. The minimum absolute atomic E-state index is 0.0598. The molecule has 0 aliphatic carbocycles. The lowest BCUT2D eigenvalue weighted by Gasteiger charge is -2.33. The number of aromatic nitrogens is 5. The Hall–Kier alpha value is -3.31. The molecule has 12 heteroatoms. The van der Waals surface area contributed by atoms with Crippen molar-refractivity contribution in [2.75, 3.05) is 12.3 Å². The Bertz CT molecular complexity index is 1140. The first-order chi connectivity index (χ1) is 15.4. The molecular weight excluding hydrogens is 434 g/mol. The van der Waals surface area contributed by atoms with Crippen LogP contribution in [-0.4, -0.2) is 54.4 Å². The molecule has 0 bridgehead atoms. The van der Waals surface area contributed by atoms with Gasteiger partial charge in [0.1, 0.15) is 0 Å². The van der Waals surface area contributed by atoms with E-state index in [9.17, 15) is 4.79 Å². The summed E-state index contributed by atoms with van der Waals surface area (Å²) in [7, 11) is 0. The molecule has 0 spiro atoms. The highest BCUT2D eigenvalue weighted by molar-refractivity contribution is 6.31. The molecule has 3 aromatic rings. The third-order valence-electron chi connectivity index (χ3n) is 5.54. The molecule has 1 aromatic carbocycles. The number of hydrogen-bond donors (Lipinski definition) is 2. The Balaban J connectivity index is 1.62. The fourth-order valence-electron chi connectivity index (χ4n) is 3.68. The zero-order valence-corrected chi connectivity index (χ0v) is 18.6. The van der Waals surface area contributed by atoms with Crippen LogP contribution in [0.4, 0.5) is 5.82 Å². The first-order valence-electron chi connectivity index (χ1n) is 10.3. The number of carbonyl (C=O) groups excluding carboxylic acids is 1. The molecule has 1 aliphatic rings. The molecule has 1 saturated heterocycles. The van der Waals surface area contributed by atoms with Gasteiger partial charge in [-0.25, -0.2) is 10.1 Å². The number of nitrogens with two attached hydrogens (primary N) is 1. The number of halogens is 1. The van der Waals surface area contributed by atoms with Gasteiger partial charge in [0.05, 0.1) is 11.4 Å². The van der Waals surface area contributed by atoms with Crippen LogP contribution >= 0.6 is 11.6 Å². The lowest BCUT2D eigenvalue weighted by Crippen LogP contribution is -2.38. The van der Waals surface area contributed by atoms with E-state index in [1.807, 2.05) is 12.1 Å². The molecule has 1 amide bonds. The van der Waals surface area contributed by atoms with Gasteiger partial charge in [-0.2, -0.15) is 9.78 Å². The van der Waals surface area contributed by atoms with Gasteiger partial charge in [-0.1, -0.05) is 35.4 Å². The summed E-state index contributed by atoms with van der Waals surface area (Å²) in [6, 6.07) is 7.58. The van der Waals surface area contributed by atoms with Crippen LogP contribution in [0.1, 0.15) is 54.9 Å². The standard InChI is InChI=1S/C20H24ClN9O2/c1-12-6-3-4-9-29(12)11-16-17(24-28-30(16)19-18(22)26-32-27-19)20(31)25-23-13(2)14-7-5-8-15(21)10-14/h5,7-8,10,12H,3-4,6,9,11H2,1-2H3,(H2,22,26)(H,25,31)/b23-13+/t12-/m1/s1. The number of anilines is 1. The fourth-order valence-corrected chi connectivity index (χ4v) is 3.87. The molecule has 1 atom stereocenters. The van der Waals surface area contributed by atoms with Crippen LogP contribution in [0.5, 0.6) is 0 Å². The largest absolute Gasteiger partial charge is 0.378 e. The fraction of sp³-hybridized carbons (Fsp3) is 0.400. The minimum atomic E-state index is -0.493. The van der Waals surface area contributed by atoms with Crippen molar-refractivity contribution in [3.8, 4) is 5.82 Å². The number of amides is 1. The predicted octanol–water partition coefficient (Wildman–Crippen LogP) is 2.41. The Morgan fingerprint density at radius 2 is 2.22 bits per heavy atom. The maximum atomic E-state index is 13.0. The van der Waals surface area contributed by atoms with Crippen LogP contribution < -0.4 is 11.2 Å². The van der Waals surface area contributed by atoms with E-state index >= 15 is 0 Å². The second-order valence-corrected chi connectivity index (χ2v) is 8.17. The number of carbonyl (C=O) groups is 1. The molecule has 0 saturated carbocycles. The minimum Gasteiger partial charge on any atom is -0.378 e. The summed E-state index contributed by atoms with van der Waals surface area (Å²) in [4.78, 5) is 15.3. The Kier molecular flexibility index (Phi) is 6.47. The number of rotatable bonds is 6. The van der Waals surface area contributed by atoms with Crippen molar-refractivity contribution >= 4 is 29.0 Å². The van der Waals surface area contributed by atoms with Gasteiger partial charge in [0.25, 0.3) is 5.91 Å². The van der Waals surface area contributed by atoms with Gasteiger partial charge in [0, 0.05) is 17.6 Å². The molecule has 1 aliphatic heterocycles. The van der Waals surface area contributed by atoms with Crippen molar-refractivity contribution in [3.05, 3.63) is 46.2 Å². The number of piperidine rings is 1. The smallest absolute Gasteiger partial charge is 0.293 e. The Morgan fingerprint density at radius 1 is 1.38 bits per heavy atom. The number of hydrazone groups is 1. The Morgan fingerprint density at radius 3 is 2.94 bits per heavy atom. The van der Waals surface area contributed by atoms with Crippen LogP contribution in [-0.2, 0) is 6.54 Å². The van der Waals surface area contributed by atoms with Crippen LogP contribution in [0.2, 0.25) is 5.02 Å². The number of nitrogens with zero attached hydrogens (tertiary/aromatic N) is 7. The number of likely N-dealkylation sites (tertiary alicyclic amines) is 1. The molecule has 4 rings (SSSR count). The van der Waals surface area contributed by atoms with Crippen LogP contribution in [0, 0.1) is 0 Å². The first kappa shape index (κ1) is 21.9. The van der Waals surface area contributed by atoms with Crippen molar-refractivity contribution in [2.24, 2.45) is 5.10 Å². The van der Waals surface area contributed by atoms with Gasteiger partial charge >= 0.3 is 0 Å². The highest BCUT2D eigenvalue weighted by Crippen LogP contribution is 2.22. The van der Waals surface area contributed by atoms with E-state index in [1.165, 1.54) is 11.1 Å². The summed E-state index contributed by atoms with van der Waals surface area (Å²) in [5.41, 5.74) is 10.5. The van der Waals surface area contributed by atoms with Crippen LogP contribution in [0.25, 0.3) is 5.82 Å². The van der Waals surface area contributed by atoms with Gasteiger partial charge in [0.2, 0.25) is 11.6 Å². The summed E-state index contributed by atoms with van der Waals surface area (Å²) in [5.74, 6) is -0.244. The van der Waals surface area contributed by atoms with Crippen molar-refractivity contribution in [3.63, 3.8) is 0 Å². The van der Waals surface area contributed by atoms with Crippen molar-refractivity contribution in [1.29, 1.82) is 0 Å². The van der Waals surface area contributed by atoms with Gasteiger partial charge < -0.3 is 5.73 Å². The Labute approximate surface area is 189 Å². The molecule has 3 heterocycles. The average molecular weight is 458 g/mol. The van der Waals surface area contributed by atoms with E-state index in [-0.39, 0.29) is 17.3 Å². The molecule has 11 nitrogen and oxygen atoms in total. The van der Waals surface area contributed by atoms with E-state index < -0.39 is 5.91 Å². The molecule has 0 unspecified atom stereocenters. The molecule has 1 fully saturated rings. The zero-order chi connectivity index (χ0) is 22.7. The summed E-state index contributed by atoms with van der Waals surface area (Å²) in [6.07, 6.45) is 3.35. The lowest BCUT2D eigenvalue weighted by atomic mass is 10.0. The topological polar surface area (TPSA) is 140 Å². The van der Waals surface area contributed by atoms with Gasteiger partial charge in [-0.3, -0.25) is 9.69 Å². The molecule has 0 radical (unpaired) electrons. The monoisotopic (exact) mass is 457 g/mol. The third kappa shape index (κ3) is 4.63. The van der Waals surface area contributed by atoms with Gasteiger partial charge in [-0.05, 0) is 61.2 Å². The van der Waals surface area contributed by atoms with Gasteiger partial charge in [0.15, 0.2) is 5.69 Å². The number of benzene rings is 1. The normalized spacial score (nSPS) is 17.5. The summed E-state index contributed by atoms with van der Waals surface area (Å²) < 4.78 is 6.11. The molecule has 168 valence electrons. The van der Waals surface area contributed by atoms with Crippen molar-refractivity contribution in [2.45, 2.75) is 45.7 Å². The van der Waals surface area contributed by atoms with Gasteiger partial charge in [-0.15, -0.1) is 5.10 Å². The molecule has 3 N–H and O–H groups in total. The second-order valence-electron chi connectivity index (χ2n) is 7.73. The van der Waals surface area contributed by atoms with E-state index in [4.69, 9.17) is 22.0 Å². The maximum Gasteiger partial charge on any atom is 0.293 e. The summed E-state index contributed by atoms with van der Waals surface area (Å²) in [6.45, 7) is 5.30. The molecule has 32 heavy (non-hydrogen) atoms. The second kappa shape index (κ2) is 9.45. The highest BCUT2D eigenvalue weighted by atomic mass is 35.5. The number of hydrogen-bond acceptors (Lipinski definition) is 9. The zero-order valence-electron chi connectivity index (χ0n) is 17.8. The molecule has 2 aromatic heterocycles. The quantitative estimate of drug-likeness (QED) is 0.424. The summed E-state index contributed by atoms with van der Waals surface area (Å²) >= 11 is 6.04. The number of nitrogen functional groups attached to an aromatic ring is 1. The van der Waals surface area contributed by atoms with Crippen molar-refractivity contribution in [1.82, 2.24) is 35.6 Å². The molecular formula is C20H24ClN9O2. The van der Waals surface area contributed by atoms with Crippen LogP contribution in [0.3, 0.4) is 0 Å². The predicted molar refractivity (Wildman–Crippen MR) is 118 cm³/mol.